The van der Waals surface area contributed by atoms with Gasteiger partial charge in [0.25, 0.3) is 0 Å². The molecule has 8 nitrogen and oxygen atoms in total. The summed E-state index contributed by atoms with van der Waals surface area (Å²) in [5.74, 6) is -0.711. The lowest BCUT2D eigenvalue weighted by Crippen LogP contribution is -1.90. The maximum Gasteiger partial charge on any atom is 0.503 e. The summed E-state index contributed by atoms with van der Waals surface area (Å²) in [5, 5.41) is 35.8. The molecule has 84 valence electrons. The van der Waals surface area contributed by atoms with Gasteiger partial charge in [-0.1, -0.05) is 6.92 Å². The maximum absolute atomic E-state index is 9.60. The number of aliphatic carboxylic acids is 1. The normalized spacial score (nSPS) is 6.93. The summed E-state index contributed by atoms with van der Waals surface area (Å²) in [6.45, 7) is 1.84. The molecule has 0 heterocycles. The Balaban J connectivity index is -0.000000135. The van der Waals surface area contributed by atoms with Crippen molar-refractivity contribution in [3.05, 3.63) is 0 Å². The zero-order valence-electron chi connectivity index (χ0n) is 7.38. The van der Waals surface area contributed by atoms with E-state index in [4.69, 9.17) is 35.1 Å². The van der Waals surface area contributed by atoms with Crippen molar-refractivity contribution < 1.29 is 39.9 Å². The summed E-state index contributed by atoms with van der Waals surface area (Å²) in [7, 11) is 0. The van der Waals surface area contributed by atoms with Crippen LogP contribution in [-0.2, 0) is 4.79 Å². The molecule has 0 aromatic rings. The Kier molecular flexibility index (Phi) is 17.4. The largest absolute Gasteiger partial charge is 0.503 e. The Morgan fingerprint density at radius 3 is 1.07 bits per heavy atom. The first-order valence-corrected chi connectivity index (χ1v) is 3.29. The van der Waals surface area contributed by atoms with Crippen LogP contribution in [0.15, 0.2) is 0 Å². The predicted octanol–water partition coefficient (Wildman–Crippen LogP) is 1.32. The van der Waals surface area contributed by atoms with Gasteiger partial charge in [0.2, 0.25) is 0 Å². The number of hydrogen-bond donors (Lipinski definition) is 5. The number of carbonyl (C=O) groups is 3. The van der Waals surface area contributed by atoms with Crippen LogP contribution in [0.3, 0.4) is 0 Å². The van der Waals surface area contributed by atoms with E-state index in [0.29, 0.717) is 6.42 Å². The predicted molar refractivity (Wildman–Crippen MR) is 43.9 cm³/mol. The molecule has 0 saturated heterocycles. The topological polar surface area (TPSA) is 152 Å². The van der Waals surface area contributed by atoms with Crippen LogP contribution in [0.5, 0.6) is 0 Å². The van der Waals surface area contributed by atoms with E-state index in [1.807, 2.05) is 6.92 Å². The second kappa shape index (κ2) is 13.6. The quantitative estimate of drug-likeness (QED) is 0.459. The monoisotopic (exact) mass is 212 g/mol. The minimum atomic E-state index is -1.83. The van der Waals surface area contributed by atoms with E-state index in [-0.39, 0.29) is 0 Å². The van der Waals surface area contributed by atoms with Crippen LogP contribution < -0.4 is 0 Å². The molecular weight excluding hydrogens is 200 g/mol. The molecule has 14 heavy (non-hydrogen) atoms. The van der Waals surface area contributed by atoms with E-state index < -0.39 is 18.3 Å². The second-order valence-corrected chi connectivity index (χ2v) is 1.71. The molecule has 0 radical (unpaired) electrons. The maximum atomic E-state index is 9.60. The number of carboxylic acids is 1. The molecular formula is C6H12O8. The molecule has 0 aliphatic carbocycles. The highest BCUT2D eigenvalue weighted by atomic mass is 16.6. The van der Waals surface area contributed by atoms with Gasteiger partial charge in [-0.05, 0) is 6.42 Å². The summed E-state index contributed by atoms with van der Waals surface area (Å²) in [6, 6.07) is 0. The Morgan fingerprint density at radius 1 is 0.857 bits per heavy atom. The van der Waals surface area contributed by atoms with Crippen LogP contribution in [-0.4, -0.2) is 43.8 Å². The Morgan fingerprint density at radius 2 is 1.07 bits per heavy atom. The third-order valence-electron chi connectivity index (χ3n) is 0.464. The van der Waals surface area contributed by atoms with Crippen molar-refractivity contribution in [2.45, 2.75) is 19.8 Å². The fraction of sp³-hybridized carbons (Fsp3) is 0.500. The number of carboxylic acid groups (broad SMARTS) is 5. The fourth-order valence-electron chi connectivity index (χ4n) is 0.214. The molecule has 0 aliphatic rings. The van der Waals surface area contributed by atoms with Crippen molar-refractivity contribution in [2.75, 3.05) is 0 Å². The molecule has 0 atom stereocenters. The van der Waals surface area contributed by atoms with E-state index in [9.17, 15) is 4.79 Å². The van der Waals surface area contributed by atoms with E-state index >= 15 is 0 Å². The molecule has 0 aromatic carbocycles. The van der Waals surface area contributed by atoms with Crippen molar-refractivity contribution in [1.82, 2.24) is 0 Å². The SMILES string of the molecule is CCCC(=O)O.O=C(O)O.O=C(O)O. The van der Waals surface area contributed by atoms with Gasteiger partial charge in [-0.15, -0.1) is 0 Å². The first kappa shape index (κ1) is 17.9. The van der Waals surface area contributed by atoms with Crippen molar-refractivity contribution in [3.8, 4) is 0 Å². The lowest BCUT2D eigenvalue weighted by atomic mass is 10.4. The molecule has 0 amide bonds. The smallest absolute Gasteiger partial charge is 0.481 e. The van der Waals surface area contributed by atoms with E-state index in [1.165, 1.54) is 0 Å². The average Bonchev–Trinajstić information content (AvgIpc) is 1.82. The molecule has 0 spiro atoms. The van der Waals surface area contributed by atoms with Crippen LogP contribution in [0, 0.1) is 0 Å². The van der Waals surface area contributed by atoms with Gasteiger partial charge in [-0.3, -0.25) is 4.79 Å². The summed E-state index contributed by atoms with van der Waals surface area (Å²) in [6.07, 6.45) is -2.64. The van der Waals surface area contributed by atoms with E-state index in [0.717, 1.165) is 6.42 Å². The van der Waals surface area contributed by atoms with Gasteiger partial charge in [0, 0.05) is 6.42 Å². The zero-order chi connectivity index (χ0) is 12.1. The van der Waals surface area contributed by atoms with Crippen molar-refractivity contribution >= 4 is 18.3 Å². The van der Waals surface area contributed by atoms with Crippen LogP contribution in [0.2, 0.25) is 0 Å². The molecule has 0 aliphatic heterocycles. The Labute approximate surface area is 79.0 Å². The summed E-state index contributed by atoms with van der Waals surface area (Å²) in [4.78, 5) is 26.7. The van der Waals surface area contributed by atoms with Gasteiger partial charge in [-0.25, -0.2) is 9.59 Å². The molecule has 5 N–H and O–H groups in total. The van der Waals surface area contributed by atoms with Crippen molar-refractivity contribution in [1.29, 1.82) is 0 Å². The summed E-state index contributed by atoms with van der Waals surface area (Å²) < 4.78 is 0. The van der Waals surface area contributed by atoms with Crippen LogP contribution in [0.25, 0.3) is 0 Å². The second-order valence-electron chi connectivity index (χ2n) is 1.71. The van der Waals surface area contributed by atoms with Crippen molar-refractivity contribution in [2.24, 2.45) is 0 Å². The van der Waals surface area contributed by atoms with E-state index in [1.54, 1.807) is 0 Å². The zero-order valence-corrected chi connectivity index (χ0v) is 7.38. The van der Waals surface area contributed by atoms with Crippen LogP contribution >= 0.6 is 0 Å². The fourth-order valence-corrected chi connectivity index (χ4v) is 0.214. The van der Waals surface area contributed by atoms with Gasteiger partial charge >= 0.3 is 18.3 Å². The summed E-state index contributed by atoms with van der Waals surface area (Å²) >= 11 is 0. The van der Waals surface area contributed by atoms with Crippen LogP contribution in [0.4, 0.5) is 9.59 Å². The minimum absolute atomic E-state index is 0.292. The molecule has 0 rings (SSSR count). The van der Waals surface area contributed by atoms with E-state index in [2.05, 4.69) is 0 Å². The van der Waals surface area contributed by atoms with Crippen LogP contribution in [0.1, 0.15) is 19.8 Å². The Hall–Kier alpha value is -1.99. The van der Waals surface area contributed by atoms with Gasteiger partial charge in [0.05, 0.1) is 0 Å². The molecule has 0 aromatic heterocycles. The first-order valence-electron chi connectivity index (χ1n) is 3.29. The highest BCUT2D eigenvalue weighted by Gasteiger charge is 1.87. The molecule has 8 heteroatoms. The third-order valence-corrected chi connectivity index (χ3v) is 0.464. The lowest BCUT2D eigenvalue weighted by molar-refractivity contribution is -0.137. The molecule has 0 fully saturated rings. The standard InChI is InChI=1S/C4H8O2.2CH2O3/c1-2-3-4(5)6;2*2-1(3)4/h2-3H2,1H3,(H,5,6);2*(H2,2,3,4). The lowest BCUT2D eigenvalue weighted by Gasteiger charge is -1.79. The average molecular weight is 212 g/mol. The van der Waals surface area contributed by atoms with Gasteiger partial charge in [-0.2, -0.15) is 0 Å². The number of hydrogen-bond acceptors (Lipinski definition) is 3. The Bertz CT molecular complexity index is 155. The molecule has 0 saturated carbocycles. The minimum Gasteiger partial charge on any atom is -0.481 e. The summed E-state index contributed by atoms with van der Waals surface area (Å²) in [5.41, 5.74) is 0. The third kappa shape index (κ3) is 797. The van der Waals surface area contributed by atoms with Gasteiger partial charge in [0.15, 0.2) is 0 Å². The molecule has 0 unspecified atom stereocenters. The highest BCUT2D eigenvalue weighted by molar-refractivity contribution is 5.66. The highest BCUT2D eigenvalue weighted by Crippen LogP contribution is 1.82. The van der Waals surface area contributed by atoms with Gasteiger partial charge < -0.3 is 25.5 Å². The van der Waals surface area contributed by atoms with Gasteiger partial charge in [0.1, 0.15) is 0 Å². The first-order chi connectivity index (χ1) is 6.23. The number of rotatable bonds is 2. The van der Waals surface area contributed by atoms with Crippen molar-refractivity contribution in [3.63, 3.8) is 0 Å². The molecule has 0 bridgehead atoms.